The molecule has 0 bridgehead atoms. The van der Waals surface area contributed by atoms with E-state index in [9.17, 15) is 0 Å². The Morgan fingerprint density at radius 2 is 1.38 bits per heavy atom. The summed E-state index contributed by atoms with van der Waals surface area (Å²) in [6, 6.07) is 8.72. The topological polar surface area (TPSA) is 24.9 Å². The van der Waals surface area contributed by atoms with E-state index in [4.69, 9.17) is 9.31 Å². The first-order chi connectivity index (χ1) is 12.0. The Morgan fingerprint density at radius 1 is 0.885 bits per heavy atom. The molecule has 144 valence electrons. The largest absolute Gasteiger partial charge is 0.494 e. The number of piperazine rings is 1. The molecule has 0 radical (unpaired) electrons. The highest BCUT2D eigenvalue weighted by molar-refractivity contribution is 6.62. The molecule has 1 aromatic rings. The Bertz CT molecular complexity index is 598. The fourth-order valence-electron chi connectivity index (χ4n) is 3.66. The van der Waals surface area contributed by atoms with Crippen molar-refractivity contribution in [3.8, 4) is 0 Å². The first-order valence-corrected chi connectivity index (χ1v) is 9.90. The van der Waals surface area contributed by atoms with Crippen LogP contribution in [0, 0.1) is 5.41 Å². The number of hydrogen-bond donors (Lipinski definition) is 0. The highest BCUT2D eigenvalue weighted by Crippen LogP contribution is 2.36. The van der Waals surface area contributed by atoms with Crippen molar-refractivity contribution >= 4 is 18.3 Å². The van der Waals surface area contributed by atoms with Gasteiger partial charge in [-0.05, 0) is 50.7 Å². The molecule has 2 fully saturated rings. The summed E-state index contributed by atoms with van der Waals surface area (Å²) in [6.07, 6.45) is 0. The molecule has 0 amide bonds. The minimum absolute atomic E-state index is 0.280. The lowest BCUT2D eigenvalue weighted by Crippen LogP contribution is -2.48. The predicted octanol–water partition coefficient (Wildman–Crippen LogP) is 3.15. The highest BCUT2D eigenvalue weighted by atomic mass is 16.7. The van der Waals surface area contributed by atoms with Crippen LogP contribution < -0.4 is 10.4 Å². The zero-order chi connectivity index (χ0) is 19.2. The molecule has 2 aliphatic rings. The van der Waals surface area contributed by atoms with Gasteiger partial charge in [-0.3, -0.25) is 4.90 Å². The van der Waals surface area contributed by atoms with Gasteiger partial charge in [0.25, 0.3) is 0 Å². The molecule has 2 heterocycles. The molecule has 2 saturated heterocycles. The number of anilines is 1. The molecule has 0 aromatic heterocycles. The van der Waals surface area contributed by atoms with E-state index in [0.717, 1.165) is 31.6 Å². The highest BCUT2D eigenvalue weighted by Gasteiger charge is 2.51. The predicted molar refractivity (Wildman–Crippen MR) is 110 cm³/mol. The molecule has 0 aliphatic carbocycles. The van der Waals surface area contributed by atoms with Crippen LogP contribution in [0.15, 0.2) is 24.3 Å². The van der Waals surface area contributed by atoms with E-state index >= 15 is 0 Å². The molecule has 1 aromatic carbocycles. The number of rotatable bonds is 3. The van der Waals surface area contributed by atoms with Gasteiger partial charge in [0.2, 0.25) is 0 Å². The fourth-order valence-corrected chi connectivity index (χ4v) is 3.66. The Labute approximate surface area is 160 Å². The van der Waals surface area contributed by atoms with Crippen LogP contribution in [-0.4, -0.2) is 55.9 Å². The zero-order valence-corrected chi connectivity index (χ0v) is 17.6. The van der Waals surface area contributed by atoms with Gasteiger partial charge in [0, 0.05) is 38.4 Å². The molecule has 5 heteroatoms. The second kappa shape index (κ2) is 6.85. The van der Waals surface area contributed by atoms with E-state index in [1.54, 1.807) is 0 Å². The van der Waals surface area contributed by atoms with Crippen LogP contribution in [0.5, 0.6) is 0 Å². The maximum Gasteiger partial charge on any atom is 0.494 e. The van der Waals surface area contributed by atoms with Crippen molar-refractivity contribution in [1.82, 2.24) is 4.90 Å². The van der Waals surface area contributed by atoms with Crippen molar-refractivity contribution in [2.75, 3.05) is 37.6 Å². The summed E-state index contributed by atoms with van der Waals surface area (Å²) in [6.45, 7) is 20.9. The van der Waals surface area contributed by atoms with E-state index in [-0.39, 0.29) is 18.3 Å². The average Bonchev–Trinajstić information content (AvgIpc) is 2.75. The lowest BCUT2D eigenvalue weighted by Gasteiger charge is -2.38. The third-order valence-electron chi connectivity index (χ3n) is 5.85. The third-order valence-corrected chi connectivity index (χ3v) is 5.85. The van der Waals surface area contributed by atoms with Crippen LogP contribution in [0.2, 0.25) is 0 Å². The molecular weight excluding hydrogens is 323 g/mol. The average molecular weight is 358 g/mol. The van der Waals surface area contributed by atoms with E-state index in [2.05, 4.69) is 82.5 Å². The van der Waals surface area contributed by atoms with E-state index in [1.807, 2.05) is 0 Å². The molecule has 0 N–H and O–H groups in total. The van der Waals surface area contributed by atoms with Gasteiger partial charge in [-0.1, -0.05) is 32.9 Å². The van der Waals surface area contributed by atoms with Crippen molar-refractivity contribution in [1.29, 1.82) is 0 Å². The van der Waals surface area contributed by atoms with Gasteiger partial charge >= 0.3 is 7.12 Å². The Kier molecular flexibility index (Phi) is 5.19. The summed E-state index contributed by atoms with van der Waals surface area (Å²) >= 11 is 0. The van der Waals surface area contributed by atoms with E-state index in [1.165, 1.54) is 12.2 Å². The maximum atomic E-state index is 6.15. The lowest BCUT2D eigenvalue weighted by molar-refractivity contribution is 0.00578. The van der Waals surface area contributed by atoms with Crippen LogP contribution in [0.1, 0.15) is 48.5 Å². The molecule has 2 aliphatic heterocycles. The number of nitrogens with zero attached hydrogens (tertiary/aromatic N) is 2. The maximum absolute atomic E-state index is 6.15. The Hall–Kier alpha value is -1.04. The van der Waals surface area contributed by atoms with Gasteiger partial charge in [0.15, 0.2) is 0 Å². The van der Waals surface area contributed by atoms with Crippen molar-refractivity contribution < 1.29 is 9.31 Å². The van der Waals surface area contributed by atoms with Gasteiger partial charge in [-0.25, -0.2) is 0 Å². The summed E-state index contributed by atoms with van der Waals surface area (Å²) in [5, 5.41) is 0. The van der Waals surface area contributed by atoms with Crippen LogP contribution in [0.4, 0.5) is 5.69 Å². The zero-order valence-electron chi connectivity index (χ0n) is 17.6. The molecule has 0 atom stereocenters. The van der Waals surface area contributed by atoms with Crippen molar-refractivity contribution in [3.05, 3.63) is 24.3 Å². The van der Waals surface area contributed by atoms with Crippen LogP contribution in [0.3, 0.4) is 0 Å². The van der Waals surface area contributed by atoms with Crippen LogP contribution >= 0.6 is 0 Å². The SMILES string of the molecule is CC(C)(C)CN1CCN(c2ccc(B3OC(C)(C)C(C)(C)O3)cc2)CC1. The lowest BCUT2D eigenvalue weighted by atomic mass is 9.79. The standard InChI is InChI=1S/C21H35BN2O2/c1-19(2,3)16-23-12-14-24(15-13-23)18-10-8-17(9-11-18)22-25-20(4,5)21(6,7)26-22/h8-11H,12-16H2,1-7H3. The third kappa shape index (κ3) is 4.27. The monoisotopic (exact) mass is 358 g/mol. The van der Waals surface area contributed by atoms with Crippen molar-refractivity contribution in [2.24, 2.45) is 5.41 Å². The minimum atomic E-state index is -0.292. The second-order valence-corrected chi connectivity index (χ2v) is 10.0. The first kappa shape index (κ1) is 19.7. The van der Waals surface area contributed by atoms with Gasteiger partial charge < -0.3 is 14.2 Å². The van der Waals surface area contributed by atoms with E-state index in [0.29, 0.717) is 5.41 Å². The molecule has 0 unspecified atom stereocenters. The van der Waals surface area contributed by atoms with Crippen LogP contribution in [-0.2, 0) is 9.31 Å². The fraction of sp³-hybridized carbons (Fsp3) is 0.714. The summed E-state index contributed by atoms with van der Waals surface area (Å²) in [5.41, 5.74) is 2.17. The molecule has 3 rings (SSSR count). The summed E-state index contributed by atoms with van der Waals surface area (Å²) in [4.78, 5) is 5.06. The van der Waals surface area contributed by atoms with Gasteiger partial charge in [0.05, 0.1) is 11.2 Å². The van der Waals surface area contributed by atoms with Gasteiger partial charge in [0.1, 0.15) is 0 Å². The minimum Gasteiger partial charge on any atom is -0.399 e. The van der Waals surface area contributed by atoms with E-state index < -0.39 is 0 Å². The molecular formula is C21H35BN2O2. The normalized spacial score (nSPS) is 23.5. The Morgan fingerprint density at radius 3 is 1.85 bits per heavy atom. The quantitative estimate of drug-likeness (QED) is 0.775. The van der Waals surface area contributed by atoms with Crippen LogP contribution in [0.25, 0.3) is 0 Å². The van der Waals surface area contributed by atoms with Gasteiger partial charge in [-0.15, -0.1) is 0 Å². The van der Waals surface area contributed by atoms with Crippen molar-refractivity contribution in [3.63, 3.8) is 0 Å². The molecule has 4 nitrogen and oxygen atoms in total. The summed E-state index contributed by atoms with van der Waals surface area (Å²) in [5.74, 6) is 0. The number of benzene rings is 1. The molecule has 0 saturated carbocycles. The van der Waals surface area contributed by atoms with Crippen molar-refractivity contribution in [2.45, 2.75) is 59.7 Å². The number of hydrogen-bond acceptors (Lipinski definition) is 4. The summed E-state index contributed by atoms with van der Waals surface area (Å²) in [7, 11) is -0.280. The Balaban J connectivity index is 1.59. The smallest absolute Gasteiger partial charge is 0.399 e. The summed E-state index contributed by atoms with van der Waals surface area (Å²) < 4.78 is 12.3. The molecule has 26 heavy (non-hydrogen) atoms. The second-order valence-electron chi connectivity index (χ2n) is 10.0. The van der Waals surface area contributed by atoms with Gasteiger partial charge in [-0.2, -0.15) is 0 Å². The first-order valence-electron chi connectivity index (χ1n) is 9.90. The molecule has 0 spiro atoms.